The molecule has 2 heterocycles. The van der Waals surface area contributed by atoms with Gasteiger partial charge in [-0.15, -0.1) is 0 Å². The number of rotatable bonds is 7. The van der Waals surface area contributed by atoms with Gasteiger partial charge < -0.3 is 14.4 Å². The number of aromatic nitrogens is 1. The summed E-state index contributed by atoms with van der Waals surface area (Å²) < 4.78 is 5.77. The van der Waals surface area contributed by atoms with Crippen molar-refractivity contribution in [3.63, 3.8) is 0 Å². The first kappa shape index (κ1) is 17.8. The van der Waals surface area contributed by atoms with Crippen LogP contribution < -0.4 is 0 Å². The normalized spacial score (nSPS) is 22.1. The second kappa shape index (κ2) is 7.55. The molecule has 1 aliphatic carbocycles. The Balaban J connectivity index is 1.28. The molecule has 2 atom stereocenters. The van der Waals surface area contributed by atoms with Crippen molar-refractivity contribution in [3.05, 3.63) is 42.4 Å². The molecule has 0 bridgehead atoms. The monoisotopic (exact) mass is 368 g/mol. The number of hydrogen-bond acceptors (Lipinski definition) is 4. The van der Waals surface area contributed by atoms with E-state index in [1.165, 1.54) is 0 Å². The van der Waals surface area contributed by atoms with E-state index in [-0.39, 0.29) is 11.8 Å². The van der Waals surface area contributed by atoms with Gasteiger partial charge in [-0.2, -0.15) is 0 Å². The van der Waals surface area contributed by atoms with E-state index in [0.29, 0.717) is 44.2 Å². The van der Waals surface area contributed by atoms with Crippen molar-refractivity contribution < 1.29 is 19.1 Å². The summed E-state index contributed by atoms with van der Waals surface area (Å²) in [4.78, 5) is 30.0. The van der Waals surface area contributed by atoms with Crippen molar-refractivity contribution in [1.29, 1.82) is 0 Å². The molecule has 2 aliphatic rings. The average Bonchev–Trinajstić information content (AvgIpc) is 3.24. The third-order valence-corrected chi connectivity index (χ3v) is 5.66. The highest BCUT2D eigenvalue weighted by Gasteiger charge is 2.46. The molecule has 2 aromatic rings. The summed E-state index contributed by atoms with van der Waals surface area (Å²) in [5.41, 5.74) is 0.982. The molecule has 4 rings (SSSR count). The van der Waals surface area contributed by atoms with Crippen molar-refractivity contribution >= 4 is 11.9 Å². The molecule has 2 fully saturated rings. The molecule has 1 saturated heterocycles. The number of oxazole rings is 1. The lowest BCUT2D eigenvalue weighted by Gasteiger charge is -2.16. The number of nitrogens with zero attached hydrogens (tertiary/aromatic N) is 2. The topological polar surface area (TPSA) is 83.6 Å². The zero-order valence-electron chi connectivity index (χ0n) is 15.2. The van der Waals surface area contributed by atoms with E-state index in [0.717, 1.165) is 24.2 Å². The summed E-state index contributed by atoms with van der Waals surface area (Å²) >= 11 is 0. The Kier molecular flexibility index (Phi) is 4.97. The van der Waals surface area contributed by atoms with Crippen LogP contribution in [-0.4, -0.2) is 40.0 Å². The molecule has 142 valence electrons. The minimum atomic E-state index is -0.768. The summed E-state index contributed by atoms with van der Waals surface area (Å²) in [6, 6.07) is 9.79. The number of carbonyl (C=O) groups excluding carboxylic acids is 1. The number of likely N-dealkylation sites (tertiary alicyclic amines) is 1. The van der Waals surface area contributed by atoms with Crippen LogP contribution in [0, 0.1) is 17.8 Å². The maximum absolute atomic E-state index is 12.5. The lowest BCUT2D eigenvalue weighted by atomic mass is 9.92. The first-order valence-corrected chi connectivity index (χ1v) is 9.62. The number of amides is 1. The minimum Gasteiger partial charge on any atom is -0.481 e. The molecular formula is C21H24N2O4. The second-order valence-electron chi connectivity index (χ2n) is 7.58. The van der Waals surface area contributed by atoms with Gasteiger partial charge >= 0.3 is 5.97 Å². The number of hydrogen-bond donors (Lipinski definition) is 1. The molecule has 1 aliphatic heterocycles. The van der Waals surface area contributed by atoms with Crippen molar-refractivity contribution in [1.82, 2.24) is 9.88 Å². The maximum Gasteiger partial charge on any atom is 0.308 e. The average molecular weight is 368 g/mol. The fourth-order valence-corrected chi connectivity index (χ4v) is 4.01. The Morgan fingerprint density at radius 2 is 1.96 bits per heavy atom. The highest BCUT2D eigenvalue weighted by atomic mass is 16.4. The molecule has 0 spiro atoms. The Hall–Kier alpha value is -2.63. The van der Waals surface area contributed by atoms with E-state index < -0.39 is 11.9 Å². The number of aliphatic carboxylic acids is 1. The van der Waals surface area contributed by atoms with Crippen molar-refractivity contribution in [3.8, 4) is 11.3 Å². The van der Waals surface area contributed by atoms with Crippen molar-refractivity contribution in [2.75, 3.05) is 13.1 Å². The molecule has 27 heavy (non-hydrogen) atoms. The summed E-state index contributed by atoms with van der Waals surface area (Å²) in [7, 11) is 0. The predicted octanol–water partition coefficient (Wildman–Crippen LogP) is 3.23. The SMILES string of the molecule is O=C(O)[C@H]1CN(C(=O)CCCc2ncc(-c3ccccc3)o2)C[C@@H]1C1CC1. The van der Waals surface area contributed by atoms with Gasteiger partial charge in [-0.25, -0.2) is 4.98 Å². The zero-order valence-corrected chi connectivity index (χ0v) is 15.2. The first-order valence-electron chi connectivity index (χ1n) is 9.62. The molecule has 6 nitrogen and oxygen atoms in total. The fourth-order valence-electron chi connectivity index (χ4n) is 4.01. The standard InChI is InChI=1S/C21H24N2O4/c24-20(23-12-16(14-9-10-14)17(13-23)21(25)26)8-4-7-19-22-11-18(27-19)15-5-2-1-3-6-15/h1-3,5-6,11,14,16-17H,4,7-10,12-13H2,(H,25,26)/t16-,17+/m1/s1. The van der Waals surface area contributed by atoms with Gasteiger partial charge in [0.15, 0.2) is 11.7 Å². The van der Waals surface area contributed by atoms with E-state index in [9.17, 15) is 14.7 Å². The predicted molar refractivity (Wildman–Crippen MR) is 98.8 cm³/mol. The van der Waals surface area contributed by atoms with Crippen LogP contribution in [0.4, 0.5) is 0 Å². The van der Waals surface area contributed by atoms with Crippen LogP contribution in [0.25, 0.3) is 11.3 Å². The van der Waals surface area contributed by atoms with Gasteiger partial charge in [-0.1, -0.05) is 30.3 Å². The van der Waals surface area contributed by atoms with Gasteiger partial charge in [-0.05, 0) is 31.1 Å². The van der Waals surface area contributed by atoms with E-state index in [1.54, 1.807) is 11.1 Å². The van der Waals surface area contributed by atoms with Gasteiger partial charge in [0.05, 0.1) is 12.1 Å². The Morgan fingerprint density at radius 3 is 2.67 bits per heavy atom. The van der Waals surface area contributed by atoms with E-state index >= 15 is 0 Å². The van der Waals surface area contributed by atoms with Crippen molar-refractivity contribution in [2.45, 2.75) is 32.1 Å². The van der Waals surface area contributed by atoms with Gasteiger partial charge in [0.25, 0.3) is 0 Å². The Morgan fingerprint density at radius 1 is 1.19 bits per heavy atom. The highest BCUT2D eigenvalue weighted by Crippen LogP contribution is 2.44. The van der Waals surface area contributed by atoms with Gasteiger partial charge in [0.1, 0.15) is 0 Å². The summed E-state index contributed by atoms with van der Waals surface area (Å²) in [6.07, 6.45) is 5.56. The summed E-state index contributed by atoms with van der Waals surface area (Å²) in [6.45, 7) is 0.949. The summed E-state index contributed by atoms with van der Waals surface area (Å²) in [5.74, 6) is 0.853. The fraction of sp³-hybridized carbons (Fsp3) is 0.476. The Labute approximate surface area is 158 Å². The molecule has 0 radical (unpaired) electrons. The van der Waals surface area contributed by atoms with E-state index in [2.05, 4.69) is 4.98 Å². The van der Waals surface area contributed by atoms with Crippen LogP contribution in [0.2, 0.25) is 0 Å². The third-order valence-electron chi connectivity index (χ3n) is 5.66. The van der Waals surface area contributed by atoms with Crippen molar-refractivity contribution in [2.24, 2.45) is 17.8 Å². The maximum atomic E-state index is 12.5. The molecule has 1 N–H and O–H groups in total. The zero-order chi connectivity index (χ0) is 18.8. The highest BCUT2D eigenvalue weighted by molar-refractivity contribution is 5.79. The van der Waals surface area contributed by atoms with E-state index in [4.69, 9.17) is 4.42 Å². The number of carbonyl (C=O) groups is 2. The molecule has 0 unspecified atom stereocenters. The largest absolute Gasteiger partial charge is 0.481 e. The Bertz CT molecular complexity index is 813. The van der Waals surface area contributed by atoms with Crippen LogP contribution in [0.15, 0.2) is 40.9 Å². The molecule has 1 aromatic heterocycles. The third kappa shape index (κ3) is 4.04. The van der Waals surface area contributed by atoms with Gasteiger partial charge in [0.2, 0.25) is 5.91 Å². The van der Waals surface area contributed by atoms with Crippen LogP contribution in [-0.2, 0) is 16.0 Å². The van der Waals surface area contributed by atoms with Crippen LogP contribution in [0.1, 0.15) is 31.6 Å². The van der Waals surface area contributed by atoms with Crippen LogP contribution >= 0.6 is 0 Å². The molecular weight excluding hydrogens is 344 g/mol. The molecule has 1 saturated carbocycles. The lowest BCUT2D eigenvalue weighted by molar-refractivity contribution is -0.142. The van der Waals surface area contributed by atoms with Gasteiger partial charge in [0, 0.05) is 31.5 Å². The summed E-state index contributed by atoms with van der Waals surface area (Å²) in [5, 5.41) is 9.42. The van der Waals surface area contributed by atoms with Gasteiger partial charge in [-0.3, -0.25) is 9.59 Å². The molecule has 6 heteroatoms. The minimum absolute atomic E-state index is 0.0410. The second-order valence-corrected chi connectivity index (χ2v) is 7.58. The van der Waals surface area contributed by atoms with E-state index in [1.807, 2.05) is 30.3 Å². The smallest absolute Gasteiger partial charge is 0.308 e. The first-order chi connectivity index (χ1) is 13.1. The number of carboxylic acid groups (broad SMARTS) is 1. The number of benzene rings is 1. The molecule has 1 amide bonds. The molecule has 1 aromatic carbocycles. The van der Waals surface area contributed by atoms with Crippen LogP contribution in [0.3, 0.4) is 0 Å². The number of carboxylic acids is 1. The van der Waals surface area contributed by atoms with Crippen LogP contribution in [0.5, 0.6) is 0 Å². The quantitative estimate of drug-likeness (QED) is 0.811. The number of aryl methyl sites for hydroxylation is 1. The lowest BCUT2D eigenvalue weighted by Crippen LogP contribution is -2.29.